The fourth-order valence-corrected chi connectivity index (χ4v) is 1.57. The number of carbonyl (C=O) groups excluding carboxylic acids is 1. The second-order valence-corrected chi connectivity index (χ2v) is 4.65. The normalized spacial score (nSPS) is 12.6. The van der Waals surface area contributed by atoms with Crippen molar-refractivity contribution in [3.8, 4) is 0 Å². The van der Waals surface area contributed by atoms with Crippen molar-refractivity contribution in [2.45, 2.75) is 59.0 Å². The van der Waals surface area contributed by atoms with Crippen LogP contribution in [0.25, 0.3) is 0 Å². The Morgan fingerprint density at radius 2 is 1.65 bits per heavy atom. The number of aliphatic carboxylic acids is 1. The second kappa shape index (κ2) is 7.92. The maximum absolute atomic E-state index is 11.6. The van der Waals surface area contributed by atoms with Crippen LogP contribution in [0.15, 0.2) is 0 Å². The predicted octanol–water partition coefficient (Wildman–Crippen LogP) is 1.97. The van der Waals surface area contributed by atoms with Crippen LogP contribution in [-0.2, 0) is 4.79 Å². The van der Waals surface area contributed by atoms with Gasteiger partial charge in [0.25, 0.3) is 0 Å². The molecule has 0 radical (unpaired) electrons. The van der Waals surface area contributed by atoms with Gasteiger partial charge in [-0.2, -0.15) is 0 Å². The fourth-order valence-electron chi connectivity index (χ4n) is 1.57. The number of nitrogens with one attached hydrogen (secondary N) is 2. The first-order valence-corrected chi connectivity index (χ1v) is 6.20. The Bertz CT molecular complexity index is 250. The smallest absolute Gasteiger partial charge is 0.326 e. The van der Waals surface area contributed by atoms with E-state index in [1.54, 1.807) is 0 Å². The molecular formula is C12H24N2O3. The van der Waals surface area contributed by atoms with E-state index in [9.17, 15) is 9.59 Å². The average molecular weight is 244 g/mol. The number of rotatable bonds is 7. The monoisotopic (exact) mass is 244 g/mol. The highest BCUT2D eigenvalue weighted by Gasteiger charge is 2.21. The predicted molar refractivity (Wildman–Crippen MR) is 66.9 cm³/mol. The number of hydrogen-bond donors (Lipinski definition) is 3. The van der Waals surface area contributed by atoms with Gasteiger partial charge in [0.15, 0.2) is 0 Å². The lowest BCUT2D eigenvalue weighted by Gasteiger charge is -2.20. The maximum atomic E-state index is 11.6. The van der Waals surface area contributed by atoms with Crippen molar-refractivity contribution in [3.05, 3.63) is 0 Å². The third kappa shape index (κ3) is 6.81. The van der Waals surface area contributed by atoms with Gasteiger partial charge in [0, 0.05) is 6.04 Å². The SMILES string of the molecule is CCC(CC)NC(=O)N[C@H](CC(C)C)C(=O)O. The highest BCUT2D eigenvalue weighted by atomic mass is 16.4. The Morgan fingerprint density at radius 1 is 1.12 bits per heavy atom. The van der Waals surface area contributed by atoms with Crippen molar-refractivity contribution < 1.29 is 14.7 Å². The summed E-state index contributed by atoms with van der Waals surface area (Å²) >= 11 is 0. The molecule has 0 saturated carbocycles. The molecule has 5 nitrogen and oxygen atoms in total. The van der Waals surface area contributed by atoms with Crippen molar-refractivity contribution in [3.63, 3.8) is 0 Å². The fraction of sp³-hybridized carbons (Fsp3) is 0.833. The van der Waals surface area contributed by atoms with Crippen molar-refractivity contribution in [2.24, 2.45) is 5.92 Å². The lowest BCUT2D eigenvalue weighted by atomic mass is 10.0. The largest absolute Gasteiger partial charge is 0.480 e. The van der Waals surface area contributed by atoms with Crippen molar-refractivity contribution in [1.82, 2.24) is 10.6 Å². The van der Waals surface area contributed by atoms with Gasteiger partial charge in [0.05, 0.1) is 0 Å². The van der Waals surface area contributed by atoms with Gasteiger partial charge >= 0.3 is 12.0 Å². The molecule has 0 aliphatic carbocycles. The average Bonchev–Trinajstić information content (AvgIpc) is 2.24. The van der Waals surface area contributed by atoms with Gasteiger partial charge in [-0.25, -0.2) is 9.59 Å². The number of hydrogen-bond acceptors (Lipinski definition) is 2. The van der Waals surface area contributed by atoms with Crippen molar-refractivity contribution in [2.75, 3.05) is 0 Å². The molecule has 1 atom stereocenters. The number of amides is 2. The van der Waals surface area contributed by atoms with Crippen LogP contribution in [0.3, 0.4) is 0 Å². The summed E-state index contributed by atoms with van der Waals surface area (Å²) in [4.78, 5) is 22.5. The van der Waals surface area contributed by atoms with Crippen LogP contribution in [0, 0.1) is 5.92 Å². The summed E-state index contributed by atoms with van der Waals surface area (Å²) in [6.45, 7) is 7.82. The number of carboxylic acids is 1. The molecule has 0 aromatic carbocycles. The van der Waals surface area contributed by atoms with E-state index in [0.717, 1.165) is 12.8 Å². The first-order chi connectivity index (χ1) is 7.90. The molecule has 0 rings (SSSR count). The minimum Gasteiger partial charge on any atom is -0.480 e. The van der Waals surface area contributed by atoms with Crippen LogP contribution >= 0.6 is 0 Å². The number of carboxylic acid groups (broad SMARTS) is 1. The molecule has 17 heavy (non-hydrogen) atoms. The van der Waals surface area contributed by atoms with Crippen LogP contribution in [0.1, 0.15) is 47.0 Å². The Labute approximate surface area is 103 Å². The molecule has 0 aliphatic heterocycles. The van der Waals surface area contributed by atoms with Gasteiger partial charge in [-0.1, -0.05) is 27.7 Å². The van der Waals surface area contributed by atoms with Crippen molar-refractivity contribution in [1.29, 1.82) is 0 Å². The van der Waals surface area contributed by atoms with E-state index in [1.807, 2.05) is 27.7 Å². The molecule has 5 heteroatoms. The van der Waals surface area contributed by atoms with Gasteiger partial charge in [-0.3, -0.25) is 0 Å². The summed E-state index contributed by atoms with van der Waals surface area (Å²) < 4.78 is 0. The lowest BCUT2D eigenvalue weighted by Crippen LogP contribution is -2.49. The zero-order chi connectivity index (χ0) is 13.4. The number of carbonyl (C=O) groups is 2. The van der Waals surface area contributed by atoms with Gasteiger partial charge < -0.3 is 15.7 Å². The van der Waals surface area contributed by atoms with Crippen LogP contribution in [0.5, 0.6) is 0 Å². The quantitative estimate of drug-likeness (QED) is 0.640. The van der Waals surface area contributed by atoms with Crippen LogP contribution in [0.4, 0.5) is 4.79 Å². The Kier molecular flexibility index (Phi) is 7.34. The minimum atomic E-state index is -0.988. The summed E-state index contributed by atoms with van der Waals surface area (Å²) in [7, 11) is 0. The van der Waals surface area contributed by atoms with Gasteiger partial charge in [0.1, 0.15) is 6.04 Å². The highest BCUT2D eigenvalue weighted by molar-refractivity contribution is 5.82. The molecule has 0 bridgehead atoms. The van der Waals surface area contributed by atoms with E-state index in [4.69, 9.17) is 5.11 Å². The summed E-state index contributed by atoms with van der Waals surface area (Å²) in [5.74, 6) is -0.761. The third-order valence-electron chi connectivity index (χ3n) is 2.63. The van der Waals surface area contributed by atoms with Crippen LogP contribution in [-0.4, -0.2) is 29.2 Å². The maximum Gasteiger partial charge on any atom is 0.326 e. The summed E-state index contributed by atoms with van der Waals surface area (Å²) in [6, 6.07) is -1.11. The topological polar surface area (TPSA) is 78.4 Å². The first-order valence-electron chi connectivity index (χ1n) is 6.20. The molecule has 0 unspecified atom stereocenters. The molecule has 2 amide bonds. The minimum absolute atomic E-state index is 0.100. The highest BCUT2D eigenvalue weighted by Crippen LogP contribution is 2.05. The van der Waals surface area contributed by atoms with E-state index >= 15 is 0 Å². The Balaban J connectivity index is 4.25. The molecule has 0 heterocycles. The summed E-state index contributed by atoms with van der Waals surface area (Å²) in [6.07, 6.45) is 2.11. The van der Waals surface area contributed by atoms with Gasteiger partial charge in [-0.05, 0) is 25.2 Å². The van der Waals surface area contributed by atoms with E-state index in [-0.39, 0.29) is 12.0 Å². The van der Waals surface area contributed by atoms with E-state index in [2.05, 4.69) is 10.6 Å². The molecule has 0 aromatic rings. The molecular weight excluding hydrogens is 220 g/mol. The molecule has 3 N–H and O–H groups in total. The second-order valence-electron chi connectivity index (χ2n) is 4.65. The molecule has 0 aliphatic rings. The van der Waals surface area contributed by atoms with Crippen LogP contribution in [0.2, 0.25) is 0 Å². The first kappa shape index (κ1) is 15.7. The van der Waals surface area contributed by atoms with E-state index in [0.29, 0.717) is 6.42 Å². The van der Waals surface area contributed by atoms with Crippen molar-refractivity contribution >= 4 is 12.0 Å². The van der Waals surface area contributed by atoms with E-state index in [1.165, 1.54) is 0 Å². The summed E-state index contributed by atoms with van der Waals surface area (Å²) in [5, 5.41) is 14.2. The van der Waals surface area contributed by atoms with E-state index < -0.39 is 18.0 Å². The van der Waals surface area contributed by atoms with Crippen LogP contribution < -0.4 is 10.6 Å². The zero-order valence-electron chi connectivity index (χ0n) is 11.1. The Morgan fingerprint density at radius 3 is 2.00 bits per heavy atom. The molecule has 0 aromatic heterocycles. The molecule has 100 valence electrons. The zero-order valence-corrected chi connectivity index (χ0v) is 11.1. The molecule has 0 fully saturated rings. The van der Waals surface area contributed by atoms with Gasteiger partial charge in [-0.15, -0.1) is 0 Å². The molecule has 0 spiro atoms. The lowest BCUT2D eigenvalue weighted by molar-refractivity contribution is -0.139. The standard InChI is InChI=1S/C12H24N2O3/c1-5-9(6-2)13-12(17)14-10(11(15)16)7-8(3)4/h8-10H,5-7H2,1-4H3,(H,15,16)(H2,13,14,17)/t10-/m1/s1. The third-order valence-corrected chi connectivity index (χ3v) is 2.63. The number of urea groups is 1. The summed E-state index contributed by atoms with van der Waals surface area (Å²) in [5.41, 5.74) is 0. The molecule has 0 saturated heterocycles. The van der Waals surface area contributed by atoms with Gasteiger partial charge in [0.2, 0.25) is 0 Å². The Hall–Kier alpha value is -1.26.